The molecule has 0 saturated carbocycles. The summed E-state index contributed by atoms with van der Waals surface area (Å²) in [6, 6.07) is 21.9. The number of nitrogens with zero attached hydrogens (tertiary/aromatic N) is 2. The second-order valence-corrected chi connectivity index (χ2v) is 6.78. The maximum absolute atomic E-state index is 13.2. The van der Waals surface area contributed by atoms with Gasteiger partial charge in [-0.05, 0) is 36.4 Å². The highest BCUT2D eigenvalue weighted by Crippen LogP contribution is 2.16. The fraction of sp³-hybridized carbons (Fsp3) is 0.120. The summed E-state index contributed by atoms with van der Waals surface area (Å²) >= 11 is 0. The first-order valence-electron chi connectivity index (χ1n) is 9.79. The molecule has 0 fully saturated rings. The minimum absolute atomic E-state index is 0.0635. The summed E-state index contributed by atoms with van der Waals surface area (Å²) in [5, 5.41) is 8.83. The molecule has 3 rings (SSSR count). The summed E-state index contributed by atoms with van der Waals surface area (Å²) < 4.78 is 18.3. The van der Waals surface area contributed by atoms with Gasteiger partial charge >= 0.3 is 5.97 Å². The number of amides is 1. The van der Waals surface area contributed by atoms with Crippen LogP contribution in [0.25, 0.3) is 0 Å². The van der Waals surface area contributed by atoms with Crippen molar-refractivity contribution in [3.05, 3.63) is 101 Å². The van der Waals surface area contributed by atoms with Gasteiger partial charge < -0.3 is 9.64 Å². The Morgan fingerprint density at radius 3 is 2.06 bits per heavy atom. The van der Waals surface area contributed by atoms with Crippen molar-refractivity contribution in [2.24, 2.45) is 0 Å². The van der Waals surface area contributed by atoms with E-state index < -0.39 is 24.3 Å². The third-order valence-corrected chi connectivity index (χ3v) is 4.63. The van der Waals surface area contributed by atoms with Crippen LogP contribution in [0, 0.1) is 17.1 Å². The molecule has 6 nitrogen and oxygen atoms in total. The Balaban J connectivity index is 1.63. The van der Waals surface area contributed by atoms with E-state index in [0.29, 0.717) is 16.8 Å². The van der Waals surface area contributed by atoms with Crippen molar-refractivity contribution >= 4 is 23.3 Å². The Morgan fingerprint density at radius 2 is 1.44 bits per heavy atom. The molecule has 0 heterocycles. The number of hydrogen-bond acceptors (Lipinski definition) is 5. The molecule has 0 aliphatic rings. The second kappa shape index (κ2) is 10.6. The first kappa shape index (κ1) is 22.4. The van der Waals surface area contributed by atoms with Crippen molar-refractivity contribution in [2.45, 2.75) is 6.42 Å². The molecule has 7 heteroatoms. The van der Waals surface area contributed by atoms with Crippen molar-refractivity contribution in [1.82, 2.24) is 0 Å². The fourth-order valence-electron chi connectivity index (χ4n) is 2.98. The van der Waals surface area contributed by atoms with E-state index in [0.717, 1.165) is 0 Å². The molecule has 0 unspecified atom stereocenters. The molecule has 0 spiro atoms. The van der Waals surface area contributed by atoms with Crippen molar-refractivity contribution in [3.63, 3.8) is 0 Å². The quantitative estimate of drug-likeness (QED) is 0.396. The monoisotopic (exact) mass is 430 g/mol. The standard InChI is InChI=1S/C25H19FN2O4/c26-21-11-13-22(14-12-21)28(16-4-15-27)23(29)17-32-25(31)20-9-7-19(8-10-20)24(30)18-5-2-1-3-6-18/h1-3,5-14H,4,16-17H2. The average Bonchev–Trinajstić information content (AvgIpc) is 2.84. The summed E-state index contributed by atoms with van der Waals surface area (Å²) in [6.45, 7) is -0.471. The van der Waals surface area contributed by atoms with Gasteiger partial charge in [0.1, 0.15) is 5.82 Å². The highest BCUT2D eigenvalue weighted by Gasteiger charge is 2.19. The number of ketones is 1. The van der Waals surface area contributed by atoms with Crippen molar-refractivity contribution in [2.75, 3.05) is 18.1 Å². The Morgan fingerprint density at radius 1 is 0.844 bits per heavy atom. The summed E-state index contributed by atoms with van der Waals surface area (Å²) in [5.41, 5.74) is 1.54. The third kappa shape index (κ3) is 5.64. The molecule has 0 atom stereocenters. The minimum atomic E-state index is -0.726. The van der Waals surface area contributed by atoms with E-state index in [1.165, 1.54) is 53.4 Å². The van der Waals surface area contributed by atoms with Gasteiger partial charge in [-0.1, -0.05) is 42.5 Å². The topological polar surface area (TPSA) is 87.5 Å². The molecule has 0 saturated heterocycles. The molecule has 3 aromatic carbocycles. The molecule has 32 heavy (non-hydrogen) atoms. The number of carbonyl (C=O) groups excluding carboxylic acids is 3. The van der Waals surface area contributed by atoms with E-state index in [1.807, 2.05) is 12.1 Å². The van der Waals surface area contributed by atoms with Crippen LogP contribution in [-0.4, -0.2) is 30.8 Å². The van der Waals surface area contributed by atoms with Crippen molar-refractivity contribution in [3.8, 4) is 6.07 Å². The molecule has 0 aliphatic heterocycles. The molecule has 0 N–H and O–H groups in total. The Kier molecular flexibility index (Phi) is 7.44. The lowest BCUT2D eigenvalue weighted by molar-refractivity contribution is -0.121. The van der Waals surface area contributed by atoms with Crippen molar-refractivity contribution in [1.29, 1.82) is 5.26 Å². The van der Waals surface area contributed by atoms with Gasteiger partial charge in [-0.25, -0.2) is 9.18 Å². The highest BCUT2D eigenvalue weighted by atomic mass is 19.1. The molecule has 3 aromatic rings. The normalized spacial score (nSPS) is 10.1. The number of esters is 1. The molecule has 0 aliphatic carbocycles. The summed E-state index contributed by atoms with van der Waals surface area (Å²) in [5.74, 6) is -1.90. The second-order valence-electron chi connectivity index (χ2n) is 6.78. The van der Waals surface area contributed by atoms with Crippen molar-refractivity contribution < 1.29 is 23.5 Å². The van der Waals surface area contributed by atoms with Crippen LogP contribution < -0.4 is 4.90 Å². The number of ether oxygens (including phenoxy) is 1. The van der Waals surface area contributed by atoms with Gasteiger partial charge in [0.05, 0.1) is 18.1 Å². The van der Waals surface area contributed by atoms with Gasteiger partial charge in [-0.3, -0.25) is 9.59 Å². The van der Waals surface area contributed by atoms with Crippen LogP contribution in [-0.2, 0) is 9.53 Å². The van der Waals surface area contributed by atoms with Crippen LogP contribution in [0.2, 0.25) is 0 Å². The summed E-state index contributed by atoms with van der Waals surface area (Å²) in [7, 11) is 0. The smallest absolute Gasteiger partial charge is 0.338 e. The number of rotatable bonds is 8. The molecule has 1 amide bonds. The number of hydrogen-bond donors (Lipinski definition) is 0. The highest BCUT2D eigenvalue weighted by molar-refractivity contribution is 6.09. The number of benzene rings is 3. The fourth-order valence-corrected chi connectivity index (χ4v) is 2.98. The van der Waals surface area contributed by atoms with Gasteiger partial charge in [-0.2, -0.15) is 5.26 Å². The van der Waals surface area contributed by atoms with Crippen LogP contribution in [0.4, 0.5) is 10.1 Å². The third-order valence-electron chi connectivity index (χ3n) is 4.63. The Labute approximate surface area is 184 Å². The van der Waals surface area contributed by atoms with Gasteiger partial charge in [0.15, 0.2) is 12.4 Å². The first-order chi connectivity index (χ1) is 15.5. The maximum atomic E-state index is 13.2. The van der Waals surface area contributed by atoms with E-state index in [1.54, 1.807) is 24.3 Å². The zero-order valence-corrected chi connectivity index (χ0v) is 17.0. The minimum Gasteiger partial charge on any atom is -0.452 e. The van der Waals surface area contributed by atoms with Gasteiger partial charge in [-0.15, -0.1) is 0 Å². The van der Waals surface area contributed by atoms with E-state index >= 15 is 0 Å². The number of nitriles is 1. The lowest BCUT2D eigenvalue weighted by Crippen LogP contribution is -2.35. The Bertz CT molecular complexity index is 1140. The maximum Gasteiger partial charge on any atom is 0.338 e. The lowest BCUT2D eigenvalue weighted by Gasteiger charge is -2.21. The number of anilines is 1. The van der Waals surface area contributed by atoms with Crippen LogP contribution in [0.1, 0.15) is 32.7 Å². The molecule has 0 radical (unpaired) electrons. The van der Waals surface area contributed by atoms with Crippen LogP contribution in [0.15, 0.2) is 78.9 Å². The van der Waals surface area contributed by atoms with E-state index in [9.17, 15) is 18.8 Å². The molecular formula is C25H19FN2O4. The Hall–Kier alpha value is -4.31. The SMILES string of the molecule is N#CCCN(C(=O)COC(=O)c1ccc(C(=O)c2ccccc2)cc1)c1ccc(F)cc1. The van der Waals surface area contributed by atoms with E-state index in [-0.39, 0.29) is 24.3 Å². The van der Waals surface area contributed by atoms with Crippen LogP contribution in [0.5, 0.6) is 0 Å². The summed E-state index contributed by atoms with van der Waals surface area (Å²) in [6.07, 6.45) is 0.0635. The molecule has 0 aromatic heterocycles. The zero-order chi connectivity index (χ0) is 22.9. The lowest BCUT2D eigenvalue weighted by atomic mass is 10.0. The van der Waals surface area contributed by atoms with Crippen LogP contribution in [0.3, 0.4) is 0 Å². The first-order valence-corrected chi connectivity index (χ1v) is 9.79. The largest absolute Gasteiger partial charge is 0.452 e. The summed E-state index contributed by atoms with van der Waals surface area (Å²) in [4.78, 5) is 38.6. The number of carbonyl (C=O) groups is 3. The molecule has 160 valence electrons. The molecular weight excluding hydrogens is 411 g/mol. The van der Waals surface area contributed by atoms with Gasteiger partial charge in [0, 0.05) is 23.4 Å². The predicted molar refractivity (Wildman–Crippen MR) is 116 cm³/mol. The van der Waals surface area contributed by atoms with Gasteiger partial charge in [0.2, 0.25) is 0 Å². The van der Waals surface area contributed by atoms with E-state index in [4.69, 9.17) is 10.00 Å². The molecule has 0 bridgehead atoms. The van der Waals surface area contributed by atoms with Gasteiger partial charge in [0.25, 0.3) is 5.91 Å². The average molecular weight is 430 g/mol. The zero-order valence-electron chi connectivity index (χ0n) is 17.0. The number of halogens is 1. The predicted octanol–water partition coefficient (Wildman–Crippen LogP) is 4.16. The van der Waals surface area contributed by atoms with Crippen LogP contribution >= 0.6 is 0 Å². The van der Waals surface area contributed by atoms with E-state index in [2.05, 4.69) is 0 Å².